The molecule has 2 N–H and O–H groups in total. The highest BCUT2D eigenvalue weighted by Crippen LogP contribution is 2.22. The molecule has 0 spiro atoms. The predicted molar refractivity (Wildman–Crippen MR) is 87.3 cm³/mol. The topological polar surface area (TPSA) is 58.0 Å². The van der Waals surface area contributed by atoms with Crippen molar-refractivity contribution in [1.82, 2.24) is 14.5 Å². The van der Waals surface area contributed by atoms with E-state index in [0.717, 1.165) is 11.0 Å². The van der Waals surface area contributed by atoms with Gasteiger partial charge in [-0.2, -0.15) is 18.3 Å². The summed E-state index contributed by atoms with van der Waals surface area (Å²) in [6.45, 7) is 2.28. The fraction of sp³-hybridized carbons (Fsp3) is 0.250. The van der Waals surface area contributed by atoms with Crippen LogP contribution in [-0.4, -0.2) is 26.9 Å². The number of anilines is 1. The summed E-state index contributed by atoms with van der Waals surface area (Å²) in [7, 11) is 0. The Morgan fingerprint density at radius 3 is 2.75 bits per heavy atom. The normalized spacial score (nSPS) is 12.4. The van der Waals surface area contributed by atoms with Gasteiger partial charge in [-0.25, -0.2) is 10.4 Å². The highest BCUT2D eigenvalue weighted by molar-refractivity contribution is 5.82. The third kappa shape index (κ3) is 3.42. The molecular formula is C16H16F3N5. The van der Waals surface area contributed by atoms with Crippen molar-refractivity contribution in [2.75, 3.05) is 5.43 Å². The van der Waals surface area contributed by atoms with E-state index in [0.29, 0.717) is 22.9 Å². The number of para-hydroxylation sites is 2. The molecule has 24 heavy (non-hydrogen) atoms. The van der Waals surface area contributed by atoms with Crippen molar-refractivity contribution < 1.29 is 13.2 Å². The maximum atomic E-state index is 12.6. The highest BCUT2D eigenvalue weighted by Gasteiger charge is 2.29. The smallest absolute Gasteiger partial charge is 0.339 e. The molecule has 0 unspecified atom stereocenters. The number of hydrazone groups is 1. The Kier molecular flexibility index (Phi) is 4.04. The van der Waals surface area contributed by atoms with E-state index < -0.39 is 12.7 Å². The summed E-state index contributed by atoms with van der Waals surface area (Å²) < 4.78 is 39.0. The summed E-state index contributed by atoms with van der Waals surface area (Å²) in [6.07, 6.45) is -2.77. The maximum absolute atomic E-state index is 12.6. The molecule has 3 rings (SSSR count). The first-order valence-corrected chi connectivity index (χ1v) is 7.31. The molecule has 2 heterocycles. The number of fused-ring (bicyclic) bond motifs is 1. The zero-order valence-electron chi connectivity index (χ0n) is 13.1. The standard InChI is InChI=1S/C16H16F3N5/c1-10-7-12(11(2)24(10)9-16(17,18)19)8-20-23-15-21-13-5-3-4-6-14(13)22-15/h3-8H,9H2,1-2H3,(H2,21,22,23). The van der Waals surface area contributed by atoms with E-state index in [4.69, 9.17) is 0 Å². The van der Waals surface area contributed by atoms with Gasteiger partial charge in [0.05, 0.1) is 17.2 Å². The summed E-state index contributed by atoms with van der Waals surface area (Å²) >= 11 is 0. The molecule has 0 aliphatic rings. The Hall–Kier alpha value is -2.77. The van der Waals surface area contributed by atoms with Crippen molar-refractivity contribution >= 4 is 23.2 Å². The molecule has 0 saturated carbocycles. The Bertz CT molecular complexity index is 856. The number of aromatic nitrogens is 3. The Labute approximate surface area is 136 Å². The quantitative estimate of drug-likeness (QED) is 0.559. The Morgan fingerprint density at radius 1 is 1.29 bits per heavy atom. The molecule has 0 atom stereocenters. The average molecular weight is 335 g/mol. The van der Waals surface area contributed by atoms with Gasteiger partial charge in [0, 0.05) is 17.0 Å². The number of benzene rings is 1. The van der Waals surface area contributed by atoms with E-state index in [9.17, 15) is 13.2 Å². The fourth-order valence-electron chi connectivity index (χ4n) is 2.55. The molecule has 0 fully saturated rings. The zero-order chi connectivity index (χ0) is 17.3. The number of aromatic amines is 1. The monoisotopic (exact) mass is 335 g/mol. The van der Waals surface area contributed by atoms with Gasteiger partial charge in [0.1, 0.15) is 6.54 Å². The number of rotatable bonds is 4. The molecule has 126 valence electrons. The van der Waals surface area contributed by atoms with Gasteiger partial charge in [-0.1, -0.05) is 12.1 Å². The average Bonchev–Trinajstić information content (AvgIpc) is 3.02. The number of imidazole rings is 1. The van der Waals surface area contributed by atoms with Crippen molar-refractivity contribution in [3.8, 4) is 0 Å². The van der Waals surface area contributed by atoms with E-state index in [-0.39, 0.29) is 0 Å². The van der Waals surface area contributed by atoms with Gasteiger partial charge in [-0.3, -0.25) is 0 Å². The van der Waals surface area contributed by atoms with Crippen LogP contribution in [0.25, 0.3) is 11.0 Å². The molecular weight excluding hydrogens is 319 g/mol. The minimum Gasteiger partial charge on any atom is -0.339 e. The van der Waals surface area contributed by atoms with Crippen LogP contribution in [0.4, 0.5) is 19.1 Å². The third-order valence-corrected chi connectivity index (χ3v) is 3.71. The first-order chi connectivity index (χ1) is 11.3. The molecule has 0 aliphatic heterocycles. The van der Waals surface area contributed by atoms with E-state index >= 15 is 0 Å². The SMILES string of the molecule is Cc1cc(C=NNc2nc3ccccc3[nH]2)c(C)n1CC(F)(F)F. The number of hydrogen-bond acceptors (Lipinski definition) is 3. The molecule has 2 aromatic heterocycles. The van der Waals surface area contributed by atoms with Gasteiger partial charge in [0.15, 0.2) is 0 Å². The van der Waals surface area contributed by atoms with Crippen LogP contribution in [0.15, 0.2) is 35.4 Å². The zero-order valence-corrected chi connectivity index (χ0v) is 13.1. The molecule has 8 heteroatoms. The van der Waals surface area contributed by atoms with Crippen molar-refractivity contribution in [1.29, 1.82) is 0 Å². The van der Waals surface area contributed by atoms with E-state index in [1.165, 1.54) is 10.8 Å². The number of hydrogen-bond donors (Lipinski definition) is 2. The predicted octanol–water partition coefficient (Wildman–Crippen LogP) is 3.99. The lowest BCUT2D eigenvalue weighted by Gasteiger charge is -2.12. The van der Waals surface area contributed by atoms with Crippen LogP contribution in [-0.2, 0) is 6.54 Å². The largest absolute Gasteiger partial charge is 0.406 e. The van der Waals surface area contributed by atoms with Crippen LogP contribution < -0.4 is 5.43 Å². The van der Waals surface area contributed by atoms with Gasteiger partial charge in [0.2, 0.25) is 5.95 Å². The number of alkyl halides is 3. The van der Waals surface area contributed by atoms with Crippen molar-refractivity contribution in [2.45, 2.75) is 26.6 Å². The minimum absolute atomic E-state index is 0.469. The number of H-pyrrole nitrogens is 1. The Balaban J connectivity index is 1.76. The van der Waals surface area contributed by atoms with E-state index in [1.54, 1.807) is 19.9 Å². The fourth-order valence-corrected chi connectivity index (χ4v) is 2.55. The first kappa shape index (κ1) is 16.1. The van der Waals surface area contributed by atoms with E-state index in [2.05, 4.69) is 20.5 Å². The lowest BCUT2D eigenvalue weighted by molar-refractivity contribution is -0.141. The molecule has 0 bridgehead atoms. The van der Waals surface area contributed by atoms with Gasteiger partial charge in [0.25, 0.3) is 0 Å². The molecule has 0 saturated heterocycles. The summed E-state index contributed by atoms with van der Waals surface area (Å²) in [5.41, 5.74) is 6.11. The van der Waals surface area contributed by atoms with Crippen LogP contribution in [0, 0.1) is 13.8 Å². The summed E-state index contributed by atoms with van der Waals surface area (Å²) in [6, 6.07) is 9.20. The number of nitrogens with zero attached hydrogens (tertiary/aromatic N) is 3. The van der Waals surface area contributed by atoms with Crippen LogP contribution >= 0.6 is 0 Å². The molecule has 0 aliphatic carbocycles. The van der Waals surface area contributed by atoms with E-state index in [1.807, 2.05) is 24.3 Å². The van der Waals surface area contributed by atoms with Gasteiger partial charge in [-0.05, 0) is 32.0 Å². The second kappa shape index (κ2) is 6.03. The number of aryl methyl sites for hydroxylation is 1. The van der Waals surface area contributed by atoms with Crippen molar-refractivity contribution in [2.24, 2.45) is 5.10 Å². The lowest BCUT2D eigenvalue weighted by atomic mass is 10.3. The number of nitrogens with one attached hydrogen (secondary N) is 2. The summed E-state index contributed by atoms with van der Waals surface area (Å²) in [5.74, 6) is 0.469. The van der Waals surface area contributed by atoms with Crippen LogP contribution in [0.3, 0.4) is 0 Å². The third-order valence-electron chi connectivity index (χ3n) is 3.71. The van der Waals surface area contributed by atoms with Crippen LogP contribution in [0.5, 0.6) is 0 Å². The molecule has 3 aromatic rings. The van der Waals surface area contributed by atoms with Crippen molar-refractivity contribution in [3.63, 3.8) is 0 Å². The second-order valence-electron chi connectivity index (χ2n) is 5.50. The molecule has 0 amide bonds. The second-order valence-corrected chi connectivity index (χ2v) is 5.50. The van der Waals surface area contributed by atoms with Crippen LogP contribution in [0.2, 0.25) is 0 Å². The molecule has 0 radical (unpaired) electrons. The lowest BCUT2D eigenvalue weighted by Crippen LogP contribution is -2.19. The van der Waals surface area contributed by atoms with Crippen LogP contribution in [0.1, 0.15) is 17.0 Å². The summed E-state index contributed by atoms with van der Waals surface area (Å²) in [5, 5.41) is 4.06. The number of halogens is 3. The Morgan fingerprint density at radius 2 is 2.04 bits per heavy atom. The van der Waals surface area contributed by atoms with Gasteiger partial charge in [-0.15, -0.1) is 0 Å². The minimum atomic E-state index is -4.25. The highest BCUT2D eigenvalue weighted by atomic mass is 19.4. The van der Waals surface area contributed by atoms with Gasteiger partial charge >= 0.3 is 6.18 Å². The molecule has 5 nitrogen and oxygen atoms in total. The maximum Gasteiger partial charge on any atom is 0.406 e. The van der Waals surface area contributed by atoms with Crippen molar-refractivity contribution in [3.05, 3.63) is 47.3 Å². The first-order valence-electron chi connectivity index (χ1n) is 7.31. The van der Waals surface area contributed by atoms with Gasteiger partial charge < -0.3 is 9.55 Å². The summed E-state index contributed by atoms with van der Waals surface area (Å²) in [4.78, 5) is 7.36. The molecule has 1 aromatic carbocycles.